The van der Waals surface area contributed by atoms with Gasteiger partial charge in [0.15, 0.2) is 0 Å². The number of aromatic nitrogens is 2. The van der Waals surface area contributed by atoms with Gasteiger partial charge in [0.1, 0.15) is 5.83 Å². The van der Waals surface area contributed by atoms with Gasteiger partial charge < -0.3 is 5.11 Å². The maximum absolute atomic E-state index is 13.2. The molecule has 0 radical (unpaired) electrons. The molecule has 0 saturated carbocycles. The first-order chi connectivity index (χ1) is 7.45. The summed E-state index contributed by atoms with van der Waals surface area (Å²) in [4.78, 5) is 23.5. The highest BCUT2D eigenvalue weighted by atomic mass is 19.1. The molecule has 0 aromatic carbocycles. The molecule has 1 heterocycles. The predicted molar refractivity (Wildman–Crippen MR) is 52.2 cm³/mol. The summed E-state index contributed by atoms with van der Waals surface area (Å²) in [5.41, 5.74) is -2.02. The zero-order valence-corrected chi connectivity index (χ0v) is 8.46. The largest absolute Gasteiger partial charge is 0.392 e. The molecule has 5 nitrogen and oxygen atoms in total. The monoisotopic (exact) mass is 232 g/mol. The van der Waals surface area contributed by atoms with E-state index in [4.69, 9.17) is 5.11 Å². The number of halogens is 2. The number of hydrogen-bond acceptors (Lipinski definition) is 3. The fourth-order valence-corrected chi connectivity index (χ4v) is 0.970. The molecule has 2 N–H and O–H groups in total. The van der Waals surface area contributed by atoms with Crippen molar-refractivity contribution in [2.24, 2.45) is 0 Å². The van der Waals surface area contributed by atoms with Crippen molar-refractivity contribution in [3.63, 3.8) is 0 Å². The Bertz CT molecular complexity index is 530. The Morgan fingerprint density at radius 3 is 2.75 bits per heavy atom. The second-order valence-electron chi connectivity index (χ2n) is 3.21. The first-order valence-corrected chi connectivity index (χ1v) is 4.40. The third-order valence-corrected chi connectivity index (χ3v) is 1.98. The summed E-state index contributed by atoms with van der Waals surface area (Å²) in [7, 11) is 0. The highest BCUT2D eigenvalue weighted by Crippen LogP contribution is 2.06. The maximum Gasteiger partial charge on any atom is 0.328 e. The predicted octanol–water partition coefficient (Wildman–Crippen LogP) is -0.0885. The number of aliphatic hydroxyl groups is 1. The molecule has 0 amide bonds. The second kappa shape index (κ2) is 4.84. The van der Waals surface area contributed by atoms with Crippen LogP contribution in [-0.2, 0) is 6.54 Å². The number of aromatic amines is 1. The van der Waals surface area contributed by atoms with Gasteiger partial charge in [0.25, 0.3) is 5.56 Å². The Morgan fingerprint density at radius 2 is 2.19 bits per heavy atom. The van der Waals surface area contributed by atoms with E-state index in [9.17, 15) is 18.4 Å². The van der Waals surface area contributed by atoms with Gasteiger partial charge in [-0.1, -0.05) is 0 Å². The molecule has 1 aromatic heterocycles. The zero-order chi connectivity index (χ0) is 12.3. The summed E-state index contributed by atoms with van der Waals surface area (Å²) in [5, 5.41) is 8.63. The SMILES string of the molecule is C/C(CO)=C(\F)Cn1cc(F)c(=O)[nH]c1=O. The fraction of sp³-hybridized carbons (Fsp3) is 0.333. The van der Waals surface area contributed by atoms with E-state index in [0.29, 0.717) is 10.8 Å². The minimum atomic E-state index is -1.17. The summed E-state index contributed by atoms with van der Waals surface area (Å²) < 4.78 is 26.7. The Labute approximate surface area is 88.7 Å². The van der Waals surface area contributed by atoms with E-state index in [0.717, 1.165) is 0 Å². The van der Waals surface area contributed by atoms with Gasteiger partial charge in [-0.3, -0.25) is 14.3 Å². The Hall–Kier alpha value is -1.76. The molecular formula is C9H10F2N2O3. The lowest BCUT2D eigenvalue weighted by molar-refractivity contribution is 0.324. The van der Waals surface area contributed by atoms with Crippen molar-refractivity contribution in [1.29, 1.82) is 0 Å². The molecule has 1 aromatic rings. The fourth-order valence-electron chi connectivity index (χ4n) is 0.970. The topological polar surface area (TPSA) is 75.1 Å². The van der Waals surface area contributed by atoms with Crippen LogP contribution in [0.4, 0.5) is 8.78 Å². The molecule has 0 saturated heterocycles. The Morgan fingerprint density at radius 1 is 1.56 bits per heavy atom. The summed E-state index contributed by atoms with van der Waals surface area (Å²) >= 11 is 0. The van der Waals surface area contributed by atoms with Gasteiger partial charge in [-0.05, 0) is 12.5 Å². The maximum atomic E-state index is 13.2. The molecule has 0 bridgehead atoms. The molecule has 0 unspecified atom stereocenters. The van der Waals surface area contributed by atoms with Crippen molar-refractivity contribution in [1.82, 2.24) is 9.55 Å². The summed E-state index contributed by atoms with van der Waals surface area (Å²) in [6.45, 7) is 0.313. The van der Waals surface area contributed by atoms with Crippen molar-refractivity contribution < 1.29 is 13.9 Å². The highest BCUT2D eigenvalue weighted by Gasteiger charge is 2.07. The smallest absolute Gasteiger partial charge is 0.328 e. The molecule has 1 rings (SSSR count). The molecular weight excluding hydrogens is 222 g/mol. The lowest BCUT2D eigenvalue weighted by Gasteiger charge is -2.04. The van der Waals surface area contributed by atoms with E-state index >= 15 is 0 Å². The van der Waals surface area contributed by atoms with Gasteiger partial charge in [0, 0.05) is 0 Å². The van der Waals surface area contributed by atoms with Crippen LogP contribution in [0.1, 0.15) is 6.92 Å². The summed E-state index contributed by atoms with van der Waals surface area (Å²) in [6.07, 6.45) is 0.616. The van der Waals surface area contributed by atoms with Gasteiger partial charge in [-0.15, -0.1) is 0 Å². The van der Waals surface area contributed by atoms with E-state index in [1.165, 1.54) is 6.92 Å². The first kappa shape index (κ1) is 12.3. The standard InChI is InChI=1S/C9H10F2N2O3/c1-5(4-14)6(10)2-13-3-7(11)8(15)12-9(13)16/h3,14H,2,4H2,1H3,(H,12,15,16)/b6-5+. The van der Waals surface area contributed by atoms with Crippen LogP contribution >= 0.6 is 0 Å². The van der Waals surface area contributed by atoms with Crippen LogP contribution < -0.4 is 11.2 Å². The lowest BCUT2D eigenvalue weighted by Crippen LogP contribution is -2.31. The Kier molecular flexibility index (Phi) is 3.73. The highest BCUT2D eigenvalue weighted by molar-refractivity contribution is 5.05. The normalized spacial score (nSPS) is 12.5. The molecule has 0 spiro atoms. The van der Waals surface area contributed by atoms with Crippen LogP contribution in [0.3, 0.4) is 0 Å². The summed E-state index contributed by atoms with van der Waals surface area (Å²) in [5.74, 6) is -1.93. The molecule has 0 aliphatic carbocycles. The number of aliphatic hydroxyl groups excluding tert-OH is 1. The first-order valence-electron chi connectivity index (χ1n) is 4.40. The van der Waals surface area contributed by atoms with Crippen LogP contribution in [-0.4, -0.2) is 21.3 Å². The second-order valence-corrected chi connectivity index (χ2v) is 3.21. The van der Waals surface area contributed by atoms with Crippen molar-refractivity contribution in [2.45, 2.75) is 13.5 Å². The van der Waals surface area contributed by atoms with Crippen molar-refractivity contribution >= 4 is 0 Å². The van der Waals surface area contributed by atoms with Gasteiger partial charge in [-0.2, -0.15) is 4.39 Å². The minimum absolute atomic E-state index is 0.0403. The van der Waals surface area contributed by atoms with Crippen LogP contribution in [0.2, 0.25) is 0 Å². The third kappa shape index (κ3) is 2.63. The molecule has 16 heavy (non-hydrogen) atoms. The Balaban J connectivity index is 3.13. The molecule has 0 atom stereocenters. The number of rotatable bonds is 3. The average molecular weight is 232 g/mol. The van der Waals surface area contributed by atoms with Gasteiger partial charge >= 0.3 is 5.69 Å². The van der Waals surface area contributed by atoms with Crippen molar-refractivity contribution in [2.75, 3.05) is 6.61 Å². The van der Waals surface area contributed by atoms with E-state index < -0.39 is 36.0 Å². The molecule has 0 aliphatic heterocycles. The van der Waals surface area contributed by atoms with Crippen LogP contribution in [0.5, 0.6) is 0 Å². The van der Waals surface area contributed by atoms with E-state index in [1.807, 2.05) is 0 Å². The summed E-state index contributed by atoms with van der Waals surface area (Å²) in [6, 6.07) is 0. The van der Waals surface area contributed by atoms with Gasteiger partial charge in [0.05, 0.1) is 19.3 Å². The zero-order valence-electron chi connectivity index (χ0n) is 8.46. The van der Waals surface area contributed by atoms with Crippen molar-refractivity contribution in [3.8, 4) is 0 Å². The van der Waals surface area contributed by atoms with Crippen molar-refractivity contribution in [3.05, 3.63) is 44.3 Å². The van der Waals surface area contributed by atoms with Crippen LogP contribution in [0.25, 0.3) is 0 Å². The number of hydrogen-bond donors (Lipinski definition) is 2. The van der Waals surface area contributed by atoms with Gasteiger partial charge in [-0.25, -0.2) is 9.18 Å². The minimum Gasteiger partial charge on any atom is -0.392 e. The molecule has 88 valence electrons. The van der Waals surface area contributed by atoms with E-state index in [2.05, 4.69) is 0 Å². The quantitative estimate of drug-likeness (QED) is 0.764. The average Bonchev–Trinajstić information content (AvgIpc) is 2.24. The number of allylic oxidation sites excluding steroid dienone is 1. The number of nitrogens with one attached hydrogen (secondary N) is 1. The molecule has 0 aliphatic rings. The number of H-pyrrole nitrogens is 1. The van der Waals surface area contributed by atoms with Crippen LogP contribution in [0.15, 0.2) is 27.2 Å². The van der Waals surface area contributed by atoms with E-state index in [1.54, 1.807) is 4.98 Å². The van der Waals surface area contributed by atoms with E-state index in [-0.39, 0.29) is 5.57 Å². The third-order valence-electron chi connectivity index (χ3n) is 1.98. The lowest BCUT2D eigenvalue weighted by atomic mass is 10.3. The molecule has 7 heteroatoms. The van der Waals surface area contributed by atoms with Gasteiger partial charge in [0.2, 0.25) is 5.82 Å². The van der Waals surface area contributed by atoms with Crippen LogP contribution in [0, 0.1) is 5.82 Å². The number of nitrogens with zero attached hydrogens (tertiary/aromatic N) is 1. The molecule has 0 fully saturated rings.